The number of carbonyl (C=O) groups is 1. The van der Waals surface area contributed by atoms with E-state index in [1.54, 1.807) is 20.3 Å². The summed E-state index contributed by atoms with van der Waals surface area (Å²) in [6.07, 6.45) is 2.33. The smallest absolute Gasteiger partial charge is 0.225 e. The Morgan fingerprint density at radius 1 is 1.17 bits per heavy atom. The van der Waals surface area contributed by atoms with E-state index in [0.717, 1.165) is 25.7 Å². The molecule has 1 aromatic rings. The maximum atomic E-state index is 13.2. The van der Waals surface area contributed by atoms with Crippen LogP contribution in [0.4, 0.5) is 5.69 Å². The second kappa shape index (κ2) is 8.56. The third-order valence-electron chi connectivity index (χ3n) is 6.50. The van der Waals surface area contributed by atoms with Crippen molar-refractivity contribution in [3.8, 4) is 11.5 Å². The van der Waals surface area contributed by atoms with Crippen LogP contribution < -0.4 is 25.0 Å². The molecule has 30 heavy (non-hydrogen) atoms. The van der Waals surface area contributed by atoms with Gasteiger partial charge in [0.25, 0.3) is 0 Å². The van der Waals surface area contributed by atoms with Crippen molar-refractivity contribution in [3.63, 3.8) is 0 Å². The summed E-state index contributed by atoms with van der Waals surface area (Å²) in [7, 11) is 3.14. The molecule has 164 valence electrons. The topological polar surface area (TPSA) is 103 Å². The van der Waals surface area contributed by atoms with Crippen molar-refractivity contribution < 1.29 is 24.5 Å². The van der Waals surface area contributed by atoms with Crippen molar-refractivity contribution in [2.75, 3.05) is 19.1 Å². The van der Waals surface area contributed by atoms with E-state index in [9.17, 15) is 15.0 Å². The largest absolute Gasteiger partial charge is 0.497 e. The zero-order valence-electron chi connectivity index (χ0n) is 17.2. The average molecular weight is 436 g/mol. The van der Waals surface area contributed by atoms with Gasteiger partial charge in [0.15, 0.2) is 5.11 Å². The number of hydrogen-bond donors (Lipinski definition) is 4. The van der Waals surface area contributed by atoms with E-state index < -0.39 is 30.2 Å². The van der Waals surface area contributed by atoms with Gasteiger partial charge in [-0.25, -0.2) is 0 Å². The van der Waals surface area contributed by atoms with Gasteiger partial charge in [-0.2, -0.15) is 0 Å². The molecule has 4 N–H and O–H groups in total. The molecule has 1 heterocycles. The number of hydrogen-bond acceptors (Lipinski definition) is 6. The van der Waals surface area contributed by atoms with Crippen molar-refractivity contribution in [3.05, 3.63) is 18.2 Å². The Kier molecular flexibility index (Phi) is 6.04. The van der Waals surface area contributed by atoms with Crippen LogP contribution in [0.1, 0.15) is 32.1 Å². The molecule has 0 aromatic heterocycles. The van der Waals surface area contributed by atoms with Crippen LogP contribution >= 0.6 is 12.2 Å². The molecule has 0 radical (unpaired) electrons. The summed E-state index contributed by atoms with van der Waals surface area (Å²) in [4.78, 5) is 15.1. The molecular formula is C21H29N3O5S. The summed E-state index contributed by atoms with van der Waals surface area (Å²) in [6.45, 7) is 0. The minimum Gasteiger partial charge on any atom is -0.497 e. The number of thiocarbonyl (C=S) groups is 1. The van der Waals surface area contributed by atoms with E-state index in [2.05, 4.69) is 10.6 Å². The predicted octanol–water partition coefficient (Wildman–Crippen LogP) is 0.936. The average Bonchev–Trinajstić information content (AvgIpc) is 3.37. The lowest BCUT2D eigenvalue weighted by Crippen LogP contribution is -2.61. The molecule has 1 aromatic carbocycles. The lowest BCUT2D eigenvalue weighted by molar-refractivity contribution is -0.131. The van der Waals surface area contributed by atoms with E-state index in [0.29, 0.717) is 22.3 Å². The molecule has 0 spiro atoms. The quantitative estimate of drug-likeness (QED) is 0.507. The molecule has 8 nitrogen and oxygen atoms in total. The van der Waals surface area contributed by atoms with Crippen molar-refractivity contribution in [1.29, 1.82) is 0 Å². The summed E-state index contributed by atoms with van der Waals surface area (Å²) < 4.78 is 10.8. The van der Waals surface area contributed by atoms with Gasteiger partial charge in [-0.1, -0.05) is 12.8 Å². The van der Waals surface area contributed by atoms with Gasteiger partial charge in [0, 0.05) is 24.2 Å². The molecule has 0 unspecified atom stereocenters. The van der Waals surface area contributed by atoms with Gasteiger partial charge in [-0.3, -0.25) is 4.79 Å². The van der Waals surface area contributed by atoms with Crippen molar-refractivity contribution in [1.82, 2.24) is 10.6 Å². The number of carbonyl (C=O) groups excluding carboxylic acids is 1. The number of nitrogens with zero attached hydrogens (tertiary/aromatic N) is 1. The summed E-state index contributed by atoms with van der Waals surface area (Å²) in [6, 6.07) is 4.58. The van der Waals surface area contributed by atoms with Crippen LogP contribution in [0.5, 0.6) is 11.5 Å². The molecule has 3 fully saturated rings. The molecule has 2 saturated carbocycles. The van der Waals surface area contributed by atoms with Crippen molar-refractivity contribution in [2.24, 2.45) is 5.92 Å². The van der Waals surface area contributed by atoms with E-state index in [1.807, 2.05) is 17.0 Å². The first-order valence-electron chi connectivity index (χ1n) is 10.4. The molecule has 3 aliphatic rings. The Hall–Kier alpha value is -2.10. The normalized spacial score (nSPS) is 31.3. The van der Waals surface area contributed by atoms with Gasteiger partial charge in [-0.15, -0.1) is 0 Å². The Morgan fingerprint density at radius 3 is 2.40 bits per heavy atom. The maximum Gasteiger partial charge on any atom is 0.225 e. The number of nitrogens with one attached hydrogen (secondary N) is 2. The fourth-order valence-corrected chi connectivity index (χ4v) is 5.31. The summed E-state index contributed by atoms with van der Waals surface area (Å²) in [5.41, 5.74) is 0.707. The summed E-state index contributed by atoms with van der Waals surface area (Å²) >= 11 is 5.58. The number of aliphatic hydroxyl groups is 2. The second-order valence-electron chi connectivity index (χ2n) is 8.30. The fraction of sp³-hybridized carbons (Fsp3) is 0.619. The Morgan fingerprint density at radius 2 is 1.80 bits per heavy atom. The third kappa shape index (κ3) is 3.81. The van der Waals surface area contributed by atoms with Crippen molar-refractivity contribution in [2.45, 2.75) is 62.4 Å². The molecule has 2 aliphatic carbocycles. The van der Waals surface area contributed by atoms with Gasteiger partial charge < -0.3 is 35.2 Å². The number of amides is 1. The molecule has 1 amide bonds. The van der Waals surface area contributed by atoms with E-state index in [1.165, 1.54) is 0 Å². The zero-order chi connectivity index (χ0) is 21.4. The van der Waals surface area contributed by atoms with E-state index in [4.69, 9.17) is 21.7 Å². The Labute approximate surface area is 181 Å². The number of fused-ring (bicyclic) bond motifs is 1. The van der Waals surface area contributed by atoms with E-state index in [-0.39, 0.29) is 18.4 Å². The standard InChI is InChI=1S/C21H29N3O5S/c1-28-13-7-12(8-14(9-13)29-2)24-18-15(20(27)22-11-5-3-4-6-11)10-16(25)19(26)17(18)23-21(24)30/h7-9,11,15-19,25-26H,3-6,10H2,1-2H3,(H,22,27)(H,23,30)/t15-,16-,17-,18+,19+/m1/s1. The Balaban J connectivity index is 1.68. The van der Waals surface area contributed by atoms with Crippen LogP contribution in [-0.4, -0.2) is 65.8 Å². The third-order valence-corrected chi connectivity index (χ3v) is 6.81. The zero-order valence-corrected chi connectivity index (χ0v) is 18.0. The highest BCUT2D eigenvalue weighted by molar-refractivity contribution is 7.80. The lowest BCUT2D eigenvalue weighted by Gasteiger charge is -2.41. The molecule has 9 heteroatoms. The molecule has 5 atom stereocenters. The predicted molar refractivity (Wildman–Crippen MR) is 116 cm³/mol. The van der Waals surface area contributed by atoms with Crippen LogP contribution in [0.25, 0.3) is 0 Å². The van der Waals surface area contributed by atoms with Gasteiger partial charge in [0.05, 0.1) is 44.0 Å². The molecule has 1 aliphatic heterocycles. The minimum atomic E-state index is -1.03. The van der Waals surface area contributed by atoms with Crippen molar-refractivity contribution >= 4 is 28.9 Å². The molecule has 0 bridgehead atoms. The van der Waals surface area contributed by atoms with E-state index >= 15 is 0 Å². The van der Waals surface area contributed by atoms with Gasteiger partial charge in [-0.05, 0) is 31.5 Å². The SMILES string of the molecule is COc1cc(OC)cc(N2C(=S)N[C@H]3[C@@H](O)[C@H](O)C[C@@H](C(=O)NC4CCCC4)[C@@H]32)c1. The molecular weight excluding hydrogens is 406 g/mol. The number of methoxy groups -OCH3 is 2. The highest BCUT2D eigenvalue weighted by atomic mass is 32.1. The first kappa shape index (κ1) is 21.1. The minimum absolute atomic E-state index is 0.103. The molecule has 1 saturated heterocycles. The monoisotopic (exact) mass is 435 g/mol. The van der Waals surface area contributed by atoms with Crippen LogP contribution in [-0.2, 0) is 4.79 Å². The fourth-order valence-electron chi connectivity index (χ4n) is 4.95. The number of aliphatic hydroxyl groups excluding tert-OH is 2. The first-order chi connectivity index (χ1) is 14.4. The van der Waals surface area contributed by atoms with Gasteiger partial charge >= 0.3 is 0 Å². The molecule has 4 rings (SSSR count). The highest BCUT2D eigenvalue weighted by Crippen LogP contribution is 2.39. The number of anilines is 1. The summed E-state index contributed by atoms with van der Waals surface area (Å²) in [5.74, 6) is 0.561. The van der Waals surface area contributed by atoms with Gasteiger partial charge in [0.1, 0.15) is 17.6 Å². The number of ether oxygens (including phenoxy) is 2. The lowest BCUT2D eigenvalue weighted by atomic mass is 9.77. The highest BCUT2D eigenvalue weighted by Gasteiger charge is 2.54. The first-order valence-corrected chi connectivity index (χ1v) is 10.8. The Bertz CT molecular complexity index is 794. The summed E-state index contributed by atoms with van der Waals surface area (Å²) in [5, 5.41) is 27.7. The van der Waals surface area contributed by atoms with Crippen LogP contribution in [0.2, 0.25) is 0 Å². The number of rotatable bonds is 5. The van der Waals surface area contributed by atoms with Crippen LogP contribution in [0.15, 0.2) is 18.2 Å². The second-order valence-corrected chi connectivity index (χ2v) is 8.68. The van der Waals surface area contributed by atoms with Crippen LogP contribution in [0, 0.1) is 5.92 Å². The maximum absolute atomic E-state index is 13.2. The van der Waals surface area contributed by atoms with Crippen LogP contribution in [0.3, 0.4) is 0 Å². The number of benzene rings is 1. The van der Waals surface area contributed by atoms with Gasteiger partial charge in [0.2, 0.25) is 5.91 Å².